The maximum Gasteiger partial charge on any atom is 0.0401 e. The van der Waals surface area contributed by atoms with Crippen molar-refractivity contribution in [2.24, 2.45) is 5.92 Å². The van der Waals surface area contributed by atoms with E-state index in [-0.39, 0.29) is 0 Å². The topological polar surface area (TPSA) is 0 Å². The van der Waals surface area contributed by atoms with Crippen LogP contribution in [0.15, 0.2) is 34.9 Å². The molecule has 12 heavy (non-hydrogen) atoms. The lowest BCUT2D eigenvalue weighted by atomic mass is 10.0. The van der Waals surface area contributed by atoms with Gasteiger partial charge in [0.1, 0.15) is 0 Å². The minimum atomic E-state index is 0.671. The van der Waals surface area contributed by atoms with Gasteiger partial charge in [-0.3, -0.25) is 0 Å². The molecule has 0 heterocycles. The summed E-state index contributed by atoms with van der Waals surface area (Å²) in [4.78, 5) is 0. The highest BCUT2D eigenvalue weighted by Crippen LogP contribution is 2.24. The molecule has 0 radical (unpaired) electrons. The number of halogens is 1. The molecule has 0 aromatic heterocycles. The first kappa shape index (κ1) is 9.60. The van der Waals surface area contributed by atoms with E-state index in [2.05, 4.69) is 38.2 Å². The fourth-order valence-corrected chi connectivity index (χ4v) is 1.48. The van der Waals surface area contributed by atoms with Crippen molar-refractivity contribution in [3.8, 4) is 0 Å². The third kappa shape index (κ3) is 2.86. The summed E-state index contributed by atoms with van der Waals surface area (Å²) in [7, 11) is 0. The summed E-state index contributed by atoms with van der Waals surface area (Å²) in [5, 5.41) is 0.925. The average Bonchev–Trinajstić information content (AvgIpc) is 2.16. The summed E-state index contributed by atoms with van der Waals surface area (Å²) in [6.45, 7) is 4.42. The molecule has 0 nitrogen and oxygen atoms in total. The Morgan fingerprint density at radius 3 is 2.92 bits per heavy atom. The van der Waals surface area contributed by atoms with Crippen LogP contribution in [0, 0.1) is 5.92 Å². The maximum atomic E-state index is 6.08. The number of allylic oxidation sites excluding steroid dienone is 6. The van der Waals surface area contributed by atoms with Gasteiger partial charge < -0.3 is 0 Å². The molecule has 0 spiro atoms. The monoisotopic (exact) mass is 182 g/mol. The van der Waals surface area contributed by atoms with Crippen molar-refractivity contribution in [1.29, 1.82) is 0 Å². The quantitative estimate of drug-likeness (QED) is 0.605. The molecule has 0 atom stereocenters. The lowest BCUT2D eigenvalue weighted by Gasteiger charge is -2.07. The zero-order chi connectivity index (χ0) is 8.97. The summed E-state index contributed by atoms with van der Waals surface area (Å²) in [5.41, 5.74) is 1.26. The van der Waals surface area contributed by atoms with E-state index in [1.807, 2.05) is 0 Å². The Balaban J connectivity index is 2.71. The Kier molecular flexibility index (Phi) is 3.61. The molecule has 1 rings (SSSR count). The number of hydrogen-bond donors (Lipinski definition) is 0. The van der Waals surface area contributed by atoms with Gasteiger partial charge in [0.05, 0.1) is 0 Å². The lowest BCUT2D eigenvalue weighted by Crippen LogP contribution is -1.91. The van der Waals surface area contributed by atoms with Crippen LogP contribution in [-0.4, -0.2) is 0 Å². The smallest absolute Gasteiger partial charge is 0.0401 e. The van der Waals surface area contributed by atoms with Crippen LogP contribution < -0.4 is 0 Å². The van der Waals surface area contributed by atoms with Gasteiger partial charge in [-0.05, 0) is 24.3 Å². The number of hydrogen-bond acceptors (Lipinski definition) is 0. The van der Waals surface area contributed by atoms with E-state index in [4.69, 9.17) is 11.6 Å². The van der Waals surface area contributed by atoms with Crippen LogP contribution in [0.5, 0.6) is 0 Å². The minimum Gasteiger partial charge on any atom is -0.0844 e. The maximum absolute atomic E-state index is 6.08. The zero-order valence-electron chi connectivity index (χ0n) is 7.68. The van der Waals surface area contributed by atoms with E-state index >= 15 is 0 Å². The third-order valence-corrected chi connectivity index (χ3v) is 2.20. The van der Waals surface area contributed by atoms with Crippen LogP contribution >= 0.6 is 11.6 Å². The van der Waals surface area contributed by atoms with Crippen LogP contribution in [0.2, 0.25) is 0 Å². The van der Waals surface area contributed by atoms with Crippen molar-refractivity contribution < 1.29 is 0 Å². The molecule has 0 aromatic carbocycles. The summed E-state index contributed by atoms with van der Waals surface area (Å²) < 4.78 is 0. The van der Waals surface area contributed by atoms with Crippen LogP contribution in [0.4, 0.5) is 0 Å². The molecule has 0 aromatic rings. The first-order valence-electron chi connectivity index (χ1n) is 4.42. The second-order valence-corrected chi connectivity index (χ2v) is 3.91. The van der Waals surface area contributed by atoms with Crippen LogP contribution in [0.3, 0.4) is 0 Å². The predicted molar refractivity (Wildman–Crippen MR) is 55.2 cm³/mol. The molecular weight excluding hydrogens is 168 g/mol. The molecule has 1 aliphatic rings. The summed E-state index contributed by atoms with van der Waals surface area (Å²) in [6, 6.07) is 0. The summed E-state index contributed by atoms with van der Waals surface area (Å²) in [6.07, 6.45) is 10.4. The van der Waals surface area contributed by atoms with Crippen molar-refractivity contribution in [3.63, 3.8) is 0 Å². The molecule has 0 bridgehead atoms. The molecule has 0 N–H and O–H groups in total. The van der Waals surface area contributed by atoms with Gasteiger partial charge in [-0.25, -0.2) is 0 Å². The molecule has 1 heteroatoms. The highest BCUT2D eigenvalue weighted by Gasteiger charge is 2.05. The van der Waals surface area contributed by atoms with Gasteiger partial charge >= 0.3 is 0 Å². The number of rotatable bonds is 2. The lowest BCUT2D eigenvalue weighted by molar-refractivity contribution is 0.649. The second-order valence-electron chi connectivity index (χ2n) is 3.51. The molecular formula is C11H15Cl. The van der Waals surface area contributed by atoms with Crippen molar-refractivity contribution in [1.82, 2.24) is 0 Å². The first-order valence-corrected chi connectivity index (χ1v) is 4.79. The van der Waals surface area contributed by atoms with E-state index in [0.717, 1.165) is 17.9 Å². The largest absolute Gasteiger partial charge is 0.0844 e. The van der Waals surface area contributed by atoms with Gasteiger partial charge in [-0.1, -0.05) is 49.8 Å². The molecule has 0 saturated heterocycles. The summed E-state index contributed by atoms with van der Waals surface area (Å²) in [5.74, 6) is 0.671. The standard InChI is InChI=1S/C11H15Cl/c1-9(2)8-10-6-4-3-5-7-11(10)12/h3-4,6-7,9H,5,8H2,1-2H3. The average molecular weight is 183 g/mol. The minimum absolute atomic E-state index is 0.671. The van der Waals surface area contributed by atoms with Gasteiger partial charge in [-0.2, -0.15) is 0 Å². The van der Waals surface area contributed by atoms with E-state index in [9.17, 15) is 0 Å². The predicted octanol–water partition coefficient (Wildman–Crippen LogP) is 4.04. The Morgan fingerprint density at radius 1 is 1.50 bits per heavy atom. The highest BCUT2D eigenvalue weighted by atomic mass is 35.5. The SMILES string of the molecule is CC(C)CC1=CC=CCC=C1Cl. The third-order valence-electron chi connectivity index (χ3n) is 1.80. The van der Waals surface area contributed by atoms with E-state index in [0.29, 0.717) is 5.92 Å². The van der Waals surface area contributed by atoms with Gasteiger partial charge in [-0.15, -0.1) is 0 Å². The van der Waals surface area contributed by atoms with Gasteiger partial charge in [0.15, 0.2) is 0 Å². The van der Waals surface area contributed by atoms with Gasteiger partial charge in [0, 0.05) is 5.03 Å². The van der Waals surface area contributed by atoms with Crippen molar-refractivity contribution >= 4 is 11.6 Å². The second kappa shape index (κ2) is 4.51. The Bertz CT molecular complexity index is 231. The van der Waals surface area contributed by atoms with Crippen molar-refractivity contribution in [3.05, 3.63) is 34.9 Å². The van der Waals surface area contributed by atoms with Gasteiger partial charge in [0.2, 0.25) is 0 Å². The van der Waals surface area contributed by atoms with E-state index in [1.54, 1.807) is 0 Å². The van der Waals surface area contributed by atoms with Crippen LogP contribution in [0.25, 0.3) is 0 Å². The zero-order valence-corrected chi connectivity index (χ0v) is 8.43. The Morgan fingerprint density at radius 2 is 2.25 bits per heavy atom. The summed E-state index contributed by atoms with van der Waals surface area (Å²) >= 11 is 6.08. The van der Waals surface area contributed by atoms with Crippen LogP contribution in [-0.2, 0) is 0 Å². The fraction of sp³-hybridized carbons (Fsp3) is 0.455. The molecule has 0 aliphatic heterocycles. The normalized spacial score (nSPS) is 17.3. The van der Waals surface area contributed by atoms with Gasteiger partial charge in [0.25, 0.3) is 0 Å². The Labute approximate surface area is 79.6 Å². The van der Waals surface area contributed by atoms with E-state index in [1.165, 1.54) is 5.57 Å². The first-order chi connectivity index (χ1) is 5.70. The molecule has 0 saturated carbocycles. The fourth-order valence-electron chi connectivity index (χ4n) is 1.25. The molecule has 0 unspecified atom stereocenters. The van der Waals surface area contributed by atoms with Crippen molar-refractivity contribution in [2.45, 2.75) is 26.7 Å². The molecule has 1 aliphatic carbocycles. The van der Waals surface area contributed by atoms with Crippen LogP contribution in [0.1, 0.15) is 26.7 Å². The Hall–Kier alpha value is -0.490. The molecule has 0 amide bonds. The molecule has 66 valence electrons. The van der Waals surface area contributed by atoms with E-state index < -0.39 is 0 Å². The van der Waals surface area contributed by atoms with Crippen molar-refractivity contribution in [2.75, 3.05) is 0 Å². The highest BCUT2D eigenvalue weighted by molar-refractivity contribution is 6.32. The molecule has 0 fully saturated rings.